The van der Waals surface area contributed by atoms with Gasteiger partial charge in [0.05, 0.1) is 23.7 Å². The first kappa shape index (κ1) is 17.8. The van der Waals surface area contributed by atoms with Gasteiger partial charge in [0.15, 0.2) is 6.61 Å². The maximum atomic E-state index is 12.3. The van der Waals surface area contributed by atoms with Gasteiger partial charge in [0, 0.05) is 5.69 Å². The van der Waals surface area contributed by atoms with Crippen LogP contribution in [0.3, 0.4) is 0 Å². The molecule has 1 amide bonds. The van der Waals surface area contributed by atoms with Crippen molar-refractivity contribution in [2.75, 3.05) is 11.9 Å². The zero-order valence-electron chi connectivity index (χ0n) is 14.1. The van der Waals surface area contributed by atoms with Gasteiger partial charge in [0.1, 0.15) is 6.33 Å². The summed E-state index contributed by atoms with van der Waals surface area (Å²) in [4.78, 5) is 24.3. The molecule has 0 saturated heterocycles. The Kier molecular flexibility index (Phi) is 5.49. The van der Waals surface area contributed by atoms with Crippen molar-refractivity contribution in [3.05, 3.63) is 66.0 Å². The van der Waals surface area contributed by atoms with Crippen LogP contribution in [0.15, 0.2) is 54.9 Å². The lowest BCUT2D eigenvalue weighted by Crippen LogP contribution is -2.21. The average molecular weight is 362 g/mol. The van der Waals surface area contributed by atoms with Gasteiger partial charge in [-0.3, -0.25) is 4.79 Å². The van der Waals surface area contributed by atoms with Crippen LogP contribution in [0.1, 0.15) is 15.9 Å². The molecule has 3 rings (SSSR count). The standard InChI is InChI=1S/C18H14N6O3/c19-10-9-13-5-7-14(8-6-13)21-17(25)11-27-18(26)15-3-1-2-4-16(15)24-12-20-22-23-24/h1-8,12H,9,11H2,(H,21,25). The van der Waals surface area contributed by atoms with Crippen molar-refractivity contribution >= 4 is 17.6 Å². The van der Waals surface area contributed by atoms with E-state index in [-0.39, 0.29) is 5.56 Å². The Hall–Kier alpha value is -4.06. The third-order valence-electron chi connectivity index (χ3n) is 3.58. The van der Waals surface area contributed by atoms with Gasteiger partial charge in [-0.2, -0.15) is 9.94 Å². The van der Waals surface area contributed by atoms with Crippen LogP contribution in [0, 0.1) is 11.3 Å². The number of tetrazole rings is 1. The largest absolute Gasteiger partial charge is 0.452 e. The van der Waals surface area contributed by atoms with Crippen LogP contribution >= 0.6 is 0 Å². The van der Waals surface area contributed by atoms with E-state index >= 15 is 0 Å². The summed E-state index contributed by atoms with van der Waals surface area (Å²) in [6.45, 7) is -0.442. The quantitative estimate of drug-likeness (QED) is 0.660. The van der Waals surface area contributed by atoms with E-state index in [1.807, 2.05) is 6.07 Å². The molecular formula is C18H14N6O3. The second-order valence-corrected chi connectivity index (χ2v) is 5.43. The molecule has 2 aromatic carbocycles. The number of para-hydroxylation sites is 1. The van der Waals surface area contributed by atoms with Gasteiger partial charge in [-0.15, -0.1) is 5.10 Å². The molecule has 0 atom stereocenters. The first-order chi connectivity index (χ1) is 13.2. The van der Waals surface area contributed by atoms with Gasteiger partial charge in [-0.1, -0.05) is 24.3 Å². The number of rotatable bonds is 6. The Morgan fingerprint density at radius 1 is 1.15 bits per heavy atom. The minimum Gasteiger partial charge on any atom is -0.452 e. The van der Waals surface area contributed by atoms with E-state index in [1.54, 1.807) is 48.5 Å². The lowest BCUT2D eigenvalue weighted by Gasteiger charge is -2.09. The highest BCUT2D eigenvalue weighted by atomic mass is 16.5. The van der Waals surface area contributed by atoms with Crippen molar-refractivity contribution in [2.45, 2.75) is 6.42 Å². The van der Waals surface area contributed by atoms with Gasteiger partial charge in [-0.05, 0) is 40.3 Å². The molecule has 0 unspecified atom stereocenters. The fraction of sp³-hybridized carbons (Fsp3) is 0.111. The third-order valence-corrected chi connectivity index (χ3v) is 3.58. The van der Waals surface area contributed by atoms with E-state index in [0.717, 1.165) is 5.56 Å². The number of hydrogen-bond donors (Lipinski definition) is 1. The fourth-order valence-electron chi connectivity index (χ4n) is 2.32. The number of amides is 1. The number of carbonyl (C=O) groups is 2. The highest BCUT2D eigenvalue weighted by Crippen LogP contribution is 2.14. The Bertz CT molecular complexity index is 977. The molecule has 0 aliphatic heterocycles. The molecule has 0 saturated carbocycles. The van der Waals surface area contributed by atoms with Crippen LogP contribution in [-0.2, 0) is 16.0 Å². The number of esters is 1. The summed E-state index contributed by atoms with van der Waals surface area (Å²) >= 11 is 0. The van der Waals surface area contributed by atoms with E-state index in [0.29, 0.717) is 17.8 Å². The molecule has 1 N–H and O–H groups in total. The molecule has 1 heterocycles. The normalized spacial score (nSPS) is 10.0. The molecule has 9 heteroatoms. The van der Waals surface area contributed by atoms with Crippen molar-refractivity contribution in [1.82, 2.24) is 20.2 Å². The highest BCUT2D eigenvalue weighted by molar-refractivity contribution is 5.97. The Morgan fingerprint density at radius 3 is 2.63 bits per heavy atom. The minimum absolute atomic E-state index is 0.235. The summed E-state index contributed by atoms with van der Waals surface area (Å²) in [5.74, 6) is -1.14. The summed E-state index contributed by atoms with van der Waals surface area (Å²) in [6.07, 6.45) is 1.65. The molecular weight excluding hydrogens is 348 g/mol. The fourth-order valence-corrected chi connectivity index (χ4v) is 2.32. The lowest BCUT2D eigenvalue weighted by molar-refractivity contribution is -0.119. The average Bonchev–Trinajstić information content (AvgIpc) is 3.22. The minimum atomic E-state index is -0.666. The summed E-state index contributed by atoms with van der Waals surface area (Å²) in [5.41, 5.74) is 2.08. The molecule has 0 bridgehead atoms. The Morgan fingerprint density at radius 2 is 1.93 bits per heavy atom. The molecule has 0 spiro atoms. The zero-order chi connectivity index (χ0) is 19.1. The second kappa shape index (κ2) is 8.35. The van der Waals surface area contributed by atoms with Crippen molar-refractivity contribution in [1.29, 1.82) is 5.26 Å². The van der Waals surface area contributed by atoms with Crippen molar-refractivity contribution in [2.24, 2.45) is 0 Å². The van der Waals surface area contributed by atoms with Crippen LogP contribution in [-0.4, -0.2) is 38.7 Å². The number of ether oxygens (including phenoxy) is 1. The maximum absolute atomic E-state index is 12.3. The van der Waals surface area contributed by atoms with E-state index in [1.165, 1.54) is 11.0 Å². The van der Waals surface area contributed by atoms with Crippen molar-refractivity contribution in [3.8, 4) is 11.8 Å². The molecule has 0 fully saturated rings. The maximum Gasteiger partial charge on any atom is 0.340 e. The number of anilines is 1. The SMILES string of the molecule is N#CCc1ccc(NC(=O)COC(=O)c2ccccc2-n2cnnn2)cc1. The first-order valence-electron chi connectivity index (χ1n) is 7.92. The second-order valence-electron chi connectivity index (χ2n) is 5.43. The number of nitrogens with zero attached hydrogens (tertiary/aromatic N) is 5. The molecule has 0 aliphatic rings. The van der Waals surface area contributed by atoms with Crippen molar-refractivity contribution in [3.63, 3.8) is 0 Å². The summed E-state index contributed by atoms with van der Waals surface area (Å²) in [7, 11) is 0. The topological polar surface area (TPSA) is 123 Å². The molecule has 27 heavy (non-hydrogen) atoms. The number of aromatic nitrogens is 4. The van der Waals surface area contributed by atoms with E-state index in [4.69, 9.17) is 10.00 Å². The van der Waals surface area contributed by atoms with Gasteiger partial charge >= 0.3 is 5.97 Å². The number of nitriles is 1. The smallest absolute Gasteiger partial charge is 0.340 e. The third kappa shape index (κ3) is 4.52. The van der Waals surface area contributed by atoms with Crippen LogP contribution in [0.25, 0.3) is 5.69 Å². The van der Waals surface area contributed by atoms with E-state index in [9.17, 15) is 9.59 Å². The van der Waals surface area contributed by atoms with Crippen LogP contribution in [0.4, 0.5) is 5.69 Å². The monoisotopic (exact) mass is 362 g/mol. The summed E-state index contributed by atoms with van der Waals surface area (Å²) in [6, 6.07) is 15.5. The van der Waals surface area contributed by atoms with Gasteiger partial charge in [0.25, 0.3) is 5.91 Å². The molecule has 1 aromatic heterocycles. The number of carbonyl (C=O) groups excluding carboxylic acids is 2. The molecule has 3 aromatic rings. The molecule has 134 valence electrons. The van der Waals surface area contributed by atoms with Gasteiger partial charge in [-0.25, -0.2) is 4.79 Å². The highest BCUT2D eigenvalue weighted by Gasteiger charge is 2.16. The predicted molar refractivity (Wildman–Crippen MR) is 93.8 cm³/mol. The van der Waals surface area contributed by atoms with Gasteiger partial charge in [0.2, 0.25) is 0 Å². The van der Waals surface area contributed by atoms with Crippen LogP contribution < -0.4 is 5.32 Å². The lowest BCUT2D eigenvalue weighted by atomic mass is 10.1. The summed E-state index contributed by atoms with van der Waals surface area (Å²) in [5, 5.41) is 22.1. The molecule has 0 aliphatic carbocycles. The Labute approximate surface area is 154 Å². The Balaban J connectivity index is 1.59. The zero-order valence-corrected chi connectivity index (χ0v) is 14.1. The molecule has 0 radical (unpaired) electrons. The number of benzene rings is 2. The van der Waals surface area contributed by atoms with Crippen molar-refractivity contribution < 1.29 is 14.3 Å². The van der Waals surface area contributed by atoms with Crippen LogP contribution in [0.5, 0.6) is 0 Å². The van der Waals surface area contributed by atoms with Gasteiger partial charge < -0.3 is 10.1 Å². The van der Waals surface area contributed by atoms with Crippen LogP contribution in [0.2, 0.25) is 0 Å². The first-order valence-corrected chi connectivity index (χ1v) is 7.92. The molecule has 9 nitrogen and oxygen atoms in total. The predicted octanol–water partition coefficient (Wildman–Crippen LogP) is 1.52. The summed E-state index contributed by atoms with van der Waals surface area (Å²) < 4.78 is 6.42. The number of hydrogen-bond acceptors (Lipinski definition) is 7. The van der Waals surface area contributed by atoms with E-state index < -0.39 is 18.5 Å². The number of nitrogens with one attached hydrogen (secondary N) is 1. The van der Waals surface area contributed by atoms with E-state index in [2.05, 4.69) is 20.8 Å².